The van der Waals surface area contributed by atoms with Crippen LogP contribution >= 0.6 is 0 Å². The van der Waals surface area contributed by atoms with Gasteiger partial charge < -0.3 is 30.1 Å². The molecule has 0 radical (unpaired) electrons. The van der Waals surface area contributed by atoms with Gasteiger partial charge in [-0.1, -0.05) is 18.2 Å². The summed E-state index contributed by atoms with van der Waals surface area (Å²) in [5, 5.41) is 16.1. The van der Waals surface area contributed by atoms with Crippen LogP contribution in [0, 0.1) is 0 Å². The standard InChI is InChI=1S/C27H29N3O5/c1-30-12-11-18-7-8-21(14-20(18)16-30)29-26(32)19-6-4-5-17(13-19)15-28-27(33)22-9-10-23(34-2)25(35-3)24(22)31/h4-10,13-14,31H,11-12,15-16H2,1-3H3,(H,28,33)(H,29,32). The molecule has 0 atom stereocenters. The van der Waals surface area contributed by atoms with Crippen LogP contribution in [0.15, 0.2) is 54.6 Å². The number of phenols is 1. The van der Waals surface area contributed by atoms with E-state index in [9.17, 15) is 14.7 Å². The van der Waals surface area contributed by atoms with Crippen LogP contribution in [0.5, 0.6) is 17.2 Å². The number of carbonyl (C=O) groups is 2. The topological polar surface area (TPSA) is 100 Å². The van der Waals surface area contributed by atoms with Gasteiger partial charge in [-0.25, -0.2) is 0 Å². The molecule has 3 aromatic rings. The van der Waals surface area contributed by atoms with Gasteiger partial charge >= 0.3 is 0 Å². The van der Waals surface area contributed by atoms with Crippen molar-refractivity contribution in [3.8, 4) is 17.2 Å². The van der Waals surface area contributed by atoms with Crippen molar-refractivity contribution in [3.63, 3.8) is 0 Å². The molecule has 1 aliphatic heterocycles. The Hall–Kier alpha value is -4.04. The molecule has 4 rings (SSSR count). The van der Waals surface area contributed by atoms with Crippen molar-refractivity contribution >= 4 is 17.5 Å². The van der Waals surface area contributed by atoms with E-state index in [0.29, 0.717) is 11.3 Å². The minimum absolute atomic E-state index is 0.0644. The van der Waals surface area contributed by atoms with Crippen LogP contribution in [-0.4, -0.2) is 49.6 Å². The molecule has 0 fully saturated rings. The molecule has 8 heteroatoms. The third-order valence-electron chi connectivity index (χ3n) is 6.07. The fraction of sp³-hybridized carbons (Fsp3) is 0.259. The Kier molecular flexibility index (Phi) is 7.22. The highest BCUT2D eigenvalue weighted by Crippen LogP contribution is 2.38. The van der Waals surface area contributed by atoms with Gasteiger partial charge in [-0.3, -0.25) is 9.59 Å². The smallest absolute Gasteiger partial charge is 0.255 e. The van der Waals surface area contributed by atoms with E-state index in [1.807, 2.05) is 18.2 Å². The number of methoxy groups -OCH3 is 2. The predicted octanol–water partition coefficient (Wildman–Crippen LogP) is 3.58. The molecule has 0 saturated heterocycles. The first kappa shape index (κ1) is 24.1. The number of nitrogens with one attached hydrogen (secondary N) is 2. The fourth-order valence-electron chi connectivity index (χ4n) is 4.17. The number of nitrogens with zero attached hydrogens (tertiary/aromatic N) is 1. The second kappa shape index (κ2) is 10.5. The van der Waals surface area contributed by atoms with Crippen molar-refractivity contribution in [2.75, 3.05) is 33.1 Å². The van der Waals surface area contributed by atoms with Crippen molar-refractivity contribution < 1.29 is 24.2 Å². The Morgan fingerprint density at radius 1 is 1.00 bits per heavy atom. The molecule has 0 aromatic heterocycles. The lowest BCUT2D eigenvalue weighted by Crippen LogP contribution is -2.26. The minimum Gasteiger partial charge on any atom is -0.504 e. The van der Waals surface area contributed by atoms with Crippen LogP contribution in [0.25, 0.3) is 0 Å². The zero-order valence-corrected chi connectivity index (χ0v) is 20.1. The average Bonchev–Trinajstić information content (AvgIpc) is 2.86. The Balaban J connectivity index is 1.42. The summed E-state index contributed by atoms with van der Waals surface area (Å²) in [6.45, 7) is 2.08. The molecule has 8 nitrogen and oxygen atoms in total. The number of rotatable bonds is 7. The van der Waals surface area contributed by atoms with Crippen molar-refractivity contribution in [3.05, 3.63) is 82.4 Å². The van der Waals surface area contributed by atoms with E-state index in [2.05, 4.69) is 28.6 Å². The van der Waals surface area contributed by atoms with Crippen LogP contribution in [-0.2, 0) is 19.5 Å². The first-order valence-corrected chi connectivity index (χ1v) is 11.3. The second-order valence-corrected chi connectivity index (χ2v) is 8.51. The van der Waals surface area contributed by atoms with Crippen LogP contribution in [0.3, 0.4) is 0 Å². The first-order chi connectivity index (χ1) is 16.9. The molecule has 0 saturated carbocycles. The average molecular weight is 476 g/mol. The van der Waals surface area contributed by atoms with Gasteiger partial charge in [0, 0.05) is 30.9 Å². The van der Waals surface area contributed by atoms with E-state index in [1.54, 1.807) is 24.3 Å². The van der Waals surface area contributed by atoms with Gasteiger partial charge in [0.25, 0.3) is 11.8 Å². The van der Waals surface area contributed by atoms with E-state index in [0.717, 1.165) is 30.8 Å². The first-order valence-electron chi connectivity index (χ1n) is 11.3. The van der Waals surface area contributed by atoms with Crippen molar-refractivity contribution in [2.45, 2.75) is 19.5 Å². The number of phenolic OH excluding ortho intramolecular Hbond substituents is 1. The molecule has 1 aliphatic rings. The van der Waals surface area contributed by atoms with E-state index in [1.165, 1.54) is 31.4 Å². The maximum Gasteiger partial charge on any atom is 0.255 e. The van der Waals surface area contributed by atoms with Gasteiger partial charge in [0.15, 0.2) is 11.5 Å². The van der Waals surface area contributed by atoms with Crippen molar-refractivity contribution in [1.29, 1.82) is 0 Å². The predicted molar refractivity (Wildman–Crippen MR) is 133 cm³/mol. The SMILES string of the molecule is COc1ccc(C(=O)NCc2cccc(C(=O)Nc3ccc4c(c3)CN(C)CC4)c2)c(O)c1OC. The van der Waals surface area contributed by atoms with E-state index in [4.69, 9.17) is 9.47 Å². The van der Waals surface area contributed by atoms with Gasteiger partial charge in [0.2, 0.25) is 5.75 Å². The van der Waals surface area contributed by atoms with Gasteiger partial charge in [0.1, 0.15) is 0 Å². The van der Waals surface area contributed by atoms with Crippen molar-refractivity contribution in [1.82, 2.24) is 10.2 Å². The summed E-state index contributed by atoms with van der Waals surface area (Å²) in [6, 6.07) is 16.1. The second-order valence-electron chi connectivity index (χ2n) is 8.51. The number of benzene rings is 3. The molecule has 35 heavy (non-hydrogen) atoms. The Morgan fingerprint density at radius 3 is 2.60 bits per heavy atom. The number of ether oxygens (including phenoxy) is 2. The summed E-state index contributed by atoms with van der Waals surface area (Å²) in [6.07, 6.45) is 1.01. The zero-order valence-electron chi connectivity index (χ0n) is 20.1. The Bertz CT molecular complexity index is 1260. The lowest BCUT2D eigenvalue weighted by molar-refractivity contribution is 0.0947. The molecule has 0 aliphatic carbocycles. The lowest BCUT2D eigenvalue weighted by Gasteiger charge is -2.25. The van der Waals surface area contributed by atoms with Gasteiger partial charge in [-0.2, -0.15) is 0 Å². The number of fused-ring (bicyclic) bond motifs is 1. The largest absolute Gasteiger partial charge is 0.504 e. The number of anilines is 1. The van der Waals surface area contributed by atoms with Crippen LogP contribution in [0.1, 0.15) is 37.4 Å². The molecule has 0 spiro atoms. The summed E-state index contributed by atoms with van der Waals surface area (Å²) in [5.74, 6) is -0.579. The number of aromatic hydroxyl groups is 1. The molecule has 3 N–H and O–H groups in total. The van der Waals surface area contributed by atoms with Gasteiger partial charge in [-0.05, 0) is 66.6 Å². The molecule has 2 amide bonds. The quantitative estimate of drug-likeness (QED) is 0.483. The number of hydrogen-bond donors (Lipinski definition) is 3. The molecule has 0 bridgehead atoms. The molecular weight excluding hydrogens is 446 g/mol. The summed E-state index contributed by atoms with van der Waals surface area (Å²) in [5.41, 5.74) is 4.60. The van der Waals surface area contributed by atoms with Gasteiger partial charge in [0.05, 0.1) is 19.8 Å². The summed E-state index contributed by atoms with van der Waals surface area (Å²) in [7, 11) is 4.92. The highest BCUT2D eigenvalue weighted by molar-refractivity contribution is 6.04. The number of carbonyl (C=O) groups excluding carboxylic acids is 2. The fourth-order valence-corrected chi connectivity index (χ4v) is 4.17. The molecule has 1 heterocycles. The number of likely N-dealkylation sites (N-methyl/N-ethyl adjacent to an activating group) is 1. The third kappa shape index (κ3) is 5.38. The molecule has 182 valence electrons. The lowest BCUT2D eigenvalue weighted by atomic mass is 9.99. The summed E-state index contributed by atoms with van der Waals surface area (Å²) < 4.78 is 10.3. The highest BCUT2D eigenvalue weighted by atomic mass is 16.5. The highest BCUT2D eigenvalue weighted by Gasteiger charge is 2.19. The molecular formula is C27H29N3O5. The Morgan fingerprint density at radius 2 is 1.83 bits per heavy atom. The van der Waals surface area contributed by atoms with E-state index < -0.39 is 5.91 Å². The Labute approximate surface area is 204 Å². The maximum atomic E-state index is 12.9. The maximum absolute atomic E-state index is 12.9. The van der Waals surface area contributed by atoms with Crippen LogP contribution in [0.2, 0.25) is 0 Å². The normalized spacial score (nSPS) is 13.0. The molecule has 3 aromatic carbocycles. The monoisotopic (exact) mass is 475 g/mol. The van der Waals surface area contributed by atoms with Gasteiger partial charge in [-0.15, -0.1) is 0 Å². The number of hydrogen-bond acceptors (Lipinski definition) is 6. The number of amides is 2. The van der Waals surface area contributed by atoms with Crippen LogP contribution in [0.4, 0.5) is 5.69 Å². The third-order valence-corrected chi connectivity index (χ3v) is 6.07. The minimum atomic E-state index is -0.475. The van der Waals surface area contributed by atoms with Crippen LogP contribution < -0.4 is 20.1 Å². The van der Waals surface area contributed by atoms with E-state index in [-0.39, 0.29) is 29.5 Å². The zero-order chi connectivity index (χ0) is 24.9. The van der Waals surface area contributed by atoms with E-state index >= 15 is 0 Å². The summed E-state index contributed by atoms with van der Waals surface area (Å²) in [4.78, 5) is 27.8. The van der Waals surface area contributed by atoms with Crippen molar-refractivity contribution in [2.24, 2.45) is 0 Å². The summed E-state index contributed by atoms with van der Waals surface area (Å²) >= 11 is 0. The molecule has 0 unspecified atom stereocenters.